The van der Waals surface area contributed by atoms with E-state index in [1.165, 1.54) is 83.5 Å². The van der Waals surface area contributed by atoms with Crippen LogP contribution in [0.2, 0.25) is 0 Å². The van der Waals surface area contributed by atoms with Crippen LogP contribution in [0.3, 0.4) is 0 Å². The Morgan fingerprint density at radius 2 is 1.18 bits per heavy atom. The van der Waals surface area contributed by atoms with Gasteiger partial charge in [-0.15, -0.1) is 0 Å². The van der Waals surface area contributed by atoms with E-state index in [9.17, 15) is 0 Å². The Labute approximate surface area is 357 Å². The zero-order valence-corrected chi connectivity index (χ0v) is 35.3. The molecule has 11 rings (SSSR count). The van der Waals surface area contributed by atoms with Gasteiger partial charge >= 0.3 is 0 Å². The Morgan fingerprint density at radius 3 is 1.89 bits per heavy atom. The fourth-order valence-corrected chi connectivity index (χ4v) is 9.70. The van der Waals surface area contributed by atoms with Gasteiger partial charge in [0, 0.05) is 61.7 Å². The molecule has 5 nitrogen and oxygen atoms in total. The second-order valence-corrected chi connectivity index (χ2v) is 17.2. The number of hydrogen-bond donors (Lipinski definition) is 0. The van der Waals surface area contributed by atoms with Gasteiger partial charge in [0.15, 0.2) is 17.5 Å². The van der Waals surface area contributed by atoms with Gasteiger partial charge in [-0.05, 0) is 104 Å². The smallest absolute Gasteiger partial charge is 0.164 e. The van der Waals surface area contributed by atoms with Crippen molar-refractivity contribution in [1.29, 1.82) is 0 Å². The lowest BCUT2D eigenvalue weighted by Gasteiger charge is -2.26. The van der Waals surface area contributed by atoms with E-state index in [-0.39, 0.29) is 5.92 Å². The van der Waals surface area contributed by atoms with E-state index in [4.69, 9.17) is 15.0 Å². The lowest BCUT2D eigenvalue weighted by Crippen LogP contribution is -2.17. The first-order valence-electron chi connectivity index (χ1n) is 21.5. The molecule has 0 bridgehead atoms. The minimum atomic E-state index is 0.287. The molecule has 0 saturated heterocycles. The molecule has 6 aromatic carbocycles. The van der Waals surface area contributed by atoms with Crippen molar-refractivity contribution in [2.75, 3.05) is 0 Å². The van der Waals surface area contributed by atoms with Crippen LogP contribution in [0, 0.1) is 32.6 Å². The standard InChI is InChI=1S/C56H47N5/c1-34-18-24-39(25-19-34)54-57-55(40-26-20-35(2)21-27-40)59-56(58-54)41-28-23-37(4)45(32-41)44-15-11-17-50-53(44)47-33-51(38(5)31-52(47)60(50)42-12-7-6-8-13-42)61-48-16-10-9-14-43(48)46-30-36(3)22-29-49(46)61/h6-29,32-33,36,38H,30-31H2,1-5H3. The summed E-state index contributed by atoms with van der Waals surface area (Å²) < 4.78 is 5.08. The van der Waals surface area contributed by atoms with Crippen LogP contribution in [-0.4, -0.2) is 24.1 Å². The average molecular weight is 790 g/mol. The van der Waals surface area contributed by atoms with E-state index >= 15 is 0 Å². The fraction of sp³-hybridized carbons (Fsp3) is 0.161. The van der Waals surface area contributed by atoms with Crippen molar-refractivity contribution in [3.8, 4) is 51.0 Å². The highest BCUT2D eigenvalue weighted by Gasteiger charge is 2.31. The molecule has 3 aromatic heterocycles. The van der Waals surface area contributed by atoms with Crippen LogP contribution >= 0.6 is 0 Å². The number of aromatic nitrogens is 5. The number of aryl methyl sites for hydroxylation is 3. The summed E-state index contributed by atoms with van der Waals surface area (Å²) >= 11 is 0. The van der Waals surface area contributed by atoms with E-state index in [0.29, 0.717) is 23.4 Å². The predicted octanol–water partition coefficient (Wildman–Crippen LogP) is 13.8. The van der Waals surface area contributed by atoms with Crippen LogP contribution in [0.5, 0.6) is 0 Å². The second kappa shape index (κ2) is 14.6. The molecule has 0 radical (unpaired) electrons. The molecule has 3 heterocycles. The van der Waals surface area contributed by atoms with E-state index < -0.39 is 0 Å². The molecule has 0 N–H and O–H groups in total. The first kappa shape index (κ1) is 36.9. The maximum absolute atomic E-state index is 5.15. The van der Waals surface area contributed by atoms with E-state index in [1.54, 1.807) is 0 Å². The molecule has 2 unspecified atom stereocenters. The topological polar surface area (TPSA) is 48.5 Å². The summed E-state index contributed by atoms with van der Waals surface area (Å²) in [6.45, 7) is 11.1. The van der Waals surface area contributed by atoms with Crippen molar-refractivity contribution < 1.29 is 0 Å². The SMILES string of the molecule is Cc1ccc(-c2nc(-c3ccc(C)cc3)nc(-c3ccc(C)c(-c4cccc5c4c4c(n5-c5ccccc5)CC(C)C(n5c6c(c7ccccc75)CC(C)C=C6)=C4)c3)n2)cc1. The summed E-state index contributed by atoms with van der Waals surface area (Å²) in [6, 6.07) is 50.2. The van der Waals surface area contributed by atoms with Gasteiger partial charge in [-0.3, -0.25) is 0 Å². The summed E-state index contributed by atoms with van der Waals surface area (Å²) in [4.78, 5) is 15.3. The molecular formula is C56H47N5. The zero-order valence-electron chi connectivity index (χ0n) is 35.3. The summed E-state index contributed by atoms with van der Waals surface area (Å²) in [7, 11) is 0. The lowest BCUT2D eigenvalue weighted by atomic mass is 9.88. The molecule has 0 saturated carbocycles. The van der Waals surface area contributed by atoms with Crippen molar-refractivity contribution in [2.45, 2.75) is 47.5 Å². The Morgan fingerprint density at radius 1 is 0.557 bits per heavy atom. The number of rotatable bonds is 6. The van der Waals surface area contributed by atoms with Crippen LogP contribution in [0.4, 0.5) is 0 Å². The maximum Gasteiger partial charge on any atom is 0.164 e. The number of nitrogens with zero attached hydrogens (tertiary/aromatic N) is 5. The van der Waals surface area contributed by atoms with Gasteiger partial charge in [0.25, 0.3) is 0 Å². The van der Waals surface area contributed by atoms with Crippen molar-refractivity contribution in [2.24, 2.45) is 11.8 Å². The molecule has 2 atom stereocenters. The summed E-state index contributed by atoms with van der Waals surface area (Å²) in [6.07, 6.45) is 9.24. The number of benzene rings is 6. The highest BCUT2D eigenvalue weighted by atomic mass is 15.0. The average Bonchev–Trinajstić information content (AvgIpc) is 3.78. The van der Waals surface area contributed by atoms with Crippen molar-refractivity contribution >= 4 is 39.7 Å². The van der Waals surface area contributed by atoms with Crippen LogP contribution in [0.1, 0.15) is 53.1 Å². The molecule has 0 fully saturated rings. The summed E-state index contributed by atoms with van der Waals surface area (Å²) in [5, 5.41) is 2.62. The third kappa shape index (κ3) is 6.26. The third-order valence-corrected chi connectivity index (χ3v) is 12.9. The van der Waals surface area contributed by atoms with Crippen LogP contribution < -0.4 is 0 Å². The first-order chi connectivity index (χ1) is 29.8. The fourth-order valence-electron chi connectivity index (χ4n) is 9.70. The van der Waals surface area contributed by atoms with E-state index in [0.717, 1.165) is 29.5 Å². The lowest BCUT2D eigenvalue weighted by molar-refractivity contribution is 0.674. The number of fused-ring (bicyclic) bond motifs is 6. The molecule has 9 aromatic rings. The van der Waals surface area contributed by atoms with E-state index in [2.05, 4.69) is 202 Å². The molecule has 2 aliphatic carbocycles. The highest BCUT2D eigenvalue weighted by Crippen LogP contribution is 2.46. The van der Waals surface area contributed by atoms with Crippen molar-refractivity contribution in [3.63, 3.8) is 0 Å². The van der Waals surface area contributed by atoms with Gasteiger partial charge in [-0.25, -0.2) is 15.0 Å². The van der Waals surface area contributed by atoms with Gasteiger partial charge in [0.05, 0.1) is 11.0 Å². The van der Waals surface area contributed by atoms with Crippen molar-refractivity contribution in [1.82, 2.24) is 24.1 Å². The van der Waals surface area contributed by atoms with Crippen LogP contribution in [0.25, 0.3) is 90.6 Å². The number of para-hydroxylation sites is 2. The molecule has 5 heteroatoms. The summed E-state index contributed by atoms with van der Waals surface area (Å²) in [5.74, 6) is 2.78. The Hall–Kier alpha value is -7.11. The maximum atomic E-state index is 5.15. The molecule has 0 aliphatic heterocycles. The molecule has 2 aliphatic rings. The second-order valence-electron chi connectivity index (χ2n) is 17.2. The highest BCUT2D eigenvalue weighted by molar-refractivity contribution is 6.07. The van der Waals surface area contributed by atoms with Gasteiger partial charge in [-0.1, -0.05) is 140 Å². The predicted molar refractivity (Wildman–Crippen MR) is 253 cm³/mol. The normalized spacial score (nSPS) is 15.9. The number of allylic oxidation sites excluding steroid dienone is 2. The first-order valence-corrected chi connectivity index (χ1v) is 21.5. The Balaban J connectivity index is 1.14. The van der Waals surface area contributed by atoms with Crippen molar-refractivity contribution in [3.05, 3.63) is 185 Å². The quantitative estimate of drug-likeness (QED) is 0.169. The molecule has 61 heavy (non-hydrogen) atoms. The third-order valence-electron chi connectivity index (χ3n) is 12.9. The zero-order chi connectivity index (χ0) is 41.4. The largest absolute Gasteiger partial charge is 0.313 e. The van der Waals surface area contributed by atoms with Gasteiger partial charge in [-0.2, -0.15) is 0 Å². The molecule has 0 amide bonds. The van der Waals surface area contributed by atoms with Gasteiger partial charge < -0.3 is 9.13 Å². The molecule has 296 valence electrons. The van der Waals surface area contributed by atoms with Gasteiger partial charge in [0.1, 0.15) is 0 Å². The summed E-state index contributed by atoms with van der Waals surface area (Å²) in [5.41, 5.74) is 19.3. The molecular weight excluding hydrogens is 743 g/mol. The van der Waals surface area contributed by atoms with Crippen LogP contribution in [-0.2, 0) is 12.8 Å². The Kier molecular flexibility index (Phi) is 8.82. The van der Waals surface area contributed by atoms with Crippen LogP contribution in [0.15, 0.2) is 146 Å². The number of hydrogen-bond acceptors (Lipinski definition) is 3. The Bertz CT molecular complexity index is 3170. The molecule has 0 spiro atoms. The minimum Gasteiger partial charge on any atom is -0.313 e. The minimum absolute atomic E-state index is 0.287. The van der Waals surface area contributed by atoms with Gasteiger partial charge in [0.2, 0.25) is 0 Å². The monoisotopic (exact) mass is 789 g/mol. The van der Waals surface area contributed by atoms with E-state index in [1.807, 2.05) is 0 Å².